The zero-order valence-electron chi connectivity index (χ0n) is 12.8. The number of amides is 1. The van der Waals surface area contributed by atoms with Gasteiger partial charge in [-0.1, -0.05) is 27.7 Å². The second kappa shape index (κ2) is 5.82. The van der Waals surface area contributed by atoms with Gasteiger partial charge in [-0.25, -0.2) is 4.98 Å². The highest BCUT2D eigenvalue weighted by Crippen LogP contribution is 2.28. The third-order valence-corrected chi connectivity index (χ3v) is 4.82. The Morgan fingerprint density at radius 3 is 2.90 bits per heavy atom. The lowest BCUT2D eigenvalue weighted by Crippen LogP contribution is -2.54. The van der Waals surface area contributed by atoms with Crippen LogP contribution < -0.4 is 5.73 Å². The first-order valence-electron chi connectivity index (χ1n) is 7.29. The third-order valence-electron chi connectivity index (χ3n) is 3.95. The lowest BCUT2D eigenvalue weighted by atomic mass is 9.79. The van der Waals surface area contributed by atoms with E-state index in [2.05, 4.69) is 32.7 Å². The van der Waals surface area contributed by atoms with Gasteiger partial charge in [0.25, 0.3) is 5.91 Å². The van der Waals surface area contributed by atoms with Gasteiger partial charge < -0.3 is 10.6 Å². The number of carbonyl (C=O) groups excluding carboxylic acids is 1. The van der Waals surface area contributed by atoms with Crippen molar-refractivity contribution in [3.8, 4) is 0 Å². The average Bonchev–Trinajstić information content (AvgIpc) is 2.79. The summed E-state index contributed by atoms with van der Waals surface area (Å²) in [6.07, 6.45) is 1.80. The third kappa shape index (κ3) is 3.38. The molecule has 0 saturated carbocycles. The van der Waals surface area contributed by atoms with Crippen molar-refractivity contribution < 1.29 is 4.79 Å². The summed E-state index contributed by atoms with van der Waals surface area (Å²) in [5.74, 6) is 0.618. The minimum atomic E-state index is -0.0231. The van der Waals surface area contributed by atoms with Crippen LogP contribution in [-0.4, -0.2) is 34.9 Å². The van der Waals surface area contributed by atoms with Crippen LogP contribution in [0.4, 0.5) is 0 Å². The SMILES string of the molecule is CC(C)Cc1nc(C(=O)N2CCC(N)C(C)(C)C2)cs1. The summed E-state index contributed by atoms with van der Waals surface area (Å²) in [4.78, 5) is 18.9. The summed E-state index contributed by atoms with van der Waals surface area (Å²) >= 11 is 1.59. The quantitative estimate of drug-likeness (QED) is 0.932. The largest absolute Gasteiger partial charge is 0.337 e. The zero-order valence-corrected chi connectivity index (χ0v) is 13.7. The molecule has 1 unspecified atom stereocenters. The lowest BCUT2D eigenvalue weighted by molar-refractivity contribution is 0.0528. The van der Waals surface area contributed by atoms with Gasteiger partial charge >= 0.3 is 0 Å². The number of hydrogen-bond donors (Lipinski definition) is 1. The molecule has 1 saturated heterocycles. The van der Waals surface area contributed by atoms with Gasteiger partial charge in [0, 0.05) is 30.9 Å². The molecule has 1 atom stereocenters. The van der Waals surface area contributed by atoms with Gasteiger partial charge in [0.15, 0.2) is 0 Å². The van der Waals surface area contributed by atoms with Crippen LogP contribution >= 0.6 is 11.3 Å². The summed E-state index contributed by atoms with van der Waals surface area (Å²) < 4.78 is 0. The molecule has 0 aromatic carbocycles. The van der Waals surface area contributed by atoms with Crippen molar-refractivity contribution in [2.24, 2.45) is 17.1 Å². The van der Waals surface area contributed by atoms with Gasteiger partial charge in [0.05, 0.1) is 5.01 Å². The molecule has 1 fully saturated rings. The van der Waals surface area contributed by atoms with Crippen LogP contribution in [0.5, 0.6) is 0 Å². The summed E-state index contributed by atoms with van der Waals surface area (Å²) in [6, 6.07) is 0.165. The van der Waals surface area contributed by atoms with E-state index in [-0.39, 0.29) is 17.4 Å². The highest BCUT2D eigenvalue weighted by Gasteiger charge is 2.36. The molecule has 0 aliphatic carbocycles. The molecule has 112 valence electrons. The Labute approximate surface area is 125 Å². The molecule has 2 N–H and O–H groups in total. The monoisotopic (exact) mass is 295 g/mol. The Morgan fingerprint density at radius 2 is 2.30 bits per heavy atom. The Balaban J connectivity index is 2.06. The summed E-state index contributed by atoms with van der Waals surface area (Å²) in [5, 5.41) is 2.94. The summed E-state index contributed by atoms with van der Waals surface area (Å²) in [5.41, 5.74) is 6.69. The molecule has 1 aromatic rings. The van der Waals surface area contributed by atoms with Crippen molar-refractivity contribution >= 4 is 17.2 Å². The fourth-order valence-electron chi connectivity index (χ4n) is 2.56. The molecule has 0 radical (unpaired) electrons. The highest BCUT2D eigenvalue weighted by atomic mass is 32.1. The van der Waals surface area contributed by atoms with Gasteiger partial charge in [-0.2, -0.15) is 0 Å². The van der Waals surface area contributed by atoms with Gasteiger partial charge in [0.2, 0.25) is 0 Å². The smallest absolute Gasteiger partial charge is 0.273 e. The number of nitrogens with two attached hydrogens (primary N) is 1. The molecule has 1 amide bonds. The molecule has 5 heteroatoms. The van der Waals surface area contributed by atoms with Crippen LogP contribution in [0.15, 0.2) is 5.38 Å². The van der Waals surface area contributed by atoms with Crippen molar-refractivity contribution in [3.63, 3.8) is 0 Å². The van der Waals surface area contributed by atoms with E-state index in [1.54, 1.807) is 11.3 Å². The lowest BCUT2D eigenvalue weighted by Gasteiger charge is -2.42. The topological polar surface area (TPSA) is 59.2 Å². The maximum absolute atomic E-state index is 12.5. The first kappa shape index (κ1) is 15.4. The van der Waals surface area contributed by atoms with Crippen molar-refractivity contribution in [2.45, 2.75) is 46.6 Å². The normalized spacial score (nSPS) is 22.3. The Hall–Kier alpha value is -0.940. The Bertz CT molecular complexity index is 481. The Morgan fingerprint density at radius 1 is 1.60 bits per heavy atom. The van der Waals surface area contributed by atoms with E-state index in [9.17, 15) is 4.79 Å². The highest BCUT2D eigenvalue weighted by molar-refractivity contribution is 7.09. The fraction of sp³-hybridized carbons (Fsp3) is 0.733. The van der Waals surface area contributed by atoms with Crippen molar-refractivity contribution in [1.82, 2.24) is 9.88 Å². The first-order valence-corrected chi connectivity index (χ1v) is 8.17. The number of rotatable bonds is 3. The van der Waals surface area contributed by atoms with Crippen LogP contribution in [0.25, 0.3) is 0 Å². The molecule has 20 heavy (non-hydrogen) atoms. The van der Waals surface area contributed by atoms with Crippen molar-refractivity contribution in [2.75, 3.05) is 13.1 Å². The number of carbonyl (C=O) groups is 1. The molecular weight excluding hydrogens is 270 g/mol. The number of thiazole rings is 1. The van der Waals surface area contributed by atoms with Crippen LogP contribution in [0, 0.1) is 11.3 Å². The van der Waals surface area contributed by atoms with Crippen LogP contribution in [0.3, 0.4) is 0 Å². The maximum atomic E-state index is 12.5. The van der Waals surface area contributed by atoms with E-state index < -0.39 is 0 Å². The van der Waals surface area contributed by atoms with E-state index >= 15 is 0 Å². The minimum Gasteiger partial charge on any atom is -0.337 e. The Kier molecular flexibility index (Phi) is 4.49. The first-order chi connectivity index (χ1) is 9.29. The molecule has 0 bridgehead atoms. The number of nitrogens with zero attached hydrogens (tertiary/aromatic N) is 2. The second-order valence-electron chi connectivity index (χ2n) is 6.83. The number of likely N-dealkylation sites (tertiary alicyclic amines) is 1. The molecule has 1 aromatic heterocycles. The van der Waals surface area contributed by atoms with E-state index in [1.165, 1.54) is 0 Å². The van der Waals surface area contributed by atoms with Crippen LogP contribution in [-0.2, 0) is 6.42 Å². The van der Waals surface area contributed by atoms with E-state index in [4.69, 9.17) is 5.73 Å². The zero-order chi connectivity index (χ0) is 14.9. The van der Waals surface area contributed by atoms with E-state index in [0.29, 0.717) is 18.2 Å². The maximum Gasteiger partial charge on any atom is 0.273 e. The molecule has 2 rings (SSSR count). The average molecular weight is 295 g/mol. The summed E-state index contributed by atoms with van der Waals surface area (Å²) in [7, 11) is 0. The summed E-state index contributed by atoms with van der Waals surface area (Å²) in [6.45, 7) is 10.0. The molecule has 1 aliphatic heterocycles. The second-order valence-corrected chi connectivity index (χ2v) is 7.78. The van der Waals surface area contributed by atoms with Gasteiger partial charge in [0.1, 0.15) is 5.69 Å². The number of piperidine rings is 1. The molecule has 4 nitrogen and oxygen atoms in total. The van der Waals surface area contributed by atoms with Gasteiger partial charge in [-0.15, -0.1) is 11.3 Å². The predicted molar refractivity (Wildman–Crippen MR) is 82.9 cm³/mol. The molecule has 0 spiro atoms. The number of hydrogen-bond acceptors (Lipinski definition) is 4. The van der Waals surface area contributed by atoms with E-state index in [1.807, 2.05) is 10.3 Å². The van der Waals surface area contributed by atoms with Gasteiger partial charge in [-0.05, 0) is 17.8 Å². The molecular formula is C15H25N3OS. The van der Waals surface area contributed by atoms with Crippen LogP contribution in [0.2, 0.25) is 0 Å². The molecule has 2 heterocycles. The van der Waals surface area contributed by atoms with Crippen LogP contribution in [0.1, 0.15) is 49.6 Å². The van der Waals surface area contributed by atoms with E-state index in [0.717, 1.165) is 24.4 Å². The van der Waals surface area contributed by atoms with Gasteiger partial charge in [-0.3, -0.25) is 4.79 Å². The predicted octanol–water partition coefficient (Wildman–Crippen LogP) is 2.54. The minimum absolute atomic E-state index is 0.0231. The van der Waals surface area contributed by atoms with Crippen molar-refractivity contribution in [3.05, 3.63) is 16.1 Å². The standard InChI is InChI=1S/C15H25N3OS/c1-10(2)7-13-17-11(8-20-13)14(19)18-6-5-12(16)15(3,4)9-18/h8,10,12H,5-7,9,16H2,1-4H3. The fourth-order valence-corrected chi connectivity index (χ4v) is 3.54. The van der Waals surface area contributed by atoms with Crippen molar-refractivity contribution in [1.29, 1.82) is 0 Å². The molecule has 1 aliphatic rings. The number of aromatic nitrogens is 1.